The number of para-hydroxylation sites is 1. The highest BCUT2D eigenvalue weighted by atomic mass is 127. The summed E-state index contributed by atoms with van der Waals surface area (Å²) >= 11 is 2.08. The quantitative estimate of drug-likeness (QED) is 0.236. The van der Waals surface area contributed by atoms with Crippen LogP contribution in [0.4, 0.5) is 14.9 Å². The molecule has 3 aromatic carbocycles. The van der Waals surface area contributed by atoms with Gasteiger partial charge < -0.3 is 9.47 Å². The van der Waals surface area contributed by atoms with Crippen LogP contribution >= 0.6 is 22.6 Å². The van der Waals surface area contributed by atoms with E-state index in [1.807, 2.05) is 26.0 Å². The normalized spacial score (nSPS) is 14.8. The SMILES string of the molecule is COc1cc(/C=C2/C(=O)NC(=O)N(c3ccccc3F)C2=O)cc(I)c1OCc1ccc(C)c(C)c1. The largest absolute Gasteiger partial charge is 0.493 e. The Bertz CT molecular complexity index is 1420. The molecule has 9 heteroatoms. The third-order valence-electron chi connectivity index (χ3n) is 5.71. The van der Waals surface area contributed by atoms with E-state index in [-0.39, 0.29) is 11.3 Å². The molecule has 3 aromatic rings. The average molecular weight is 600 g/mol. The van der Waals surface area contributed by atoms with Crippen LogP contribution in [0.1, 0.15) is 22.3 Å². The monoisotopic (exact) mass is 600 g/mol. The molecule has 4 amide bonds. The van der Waals surface area contributed by atoms with Crippen LogP contribution in [0.5, 0.6) is 11.5 Å². The number of methoxy groups -OCH3 is 1. The van der Waals surface area contributed by atoms with Crippen LogP contribution in [0.25, 0.3) is 6.08 Å². The number of ether oxygens (including phenoxy) is 2. The molecule has 0 aliphatic carbocycles. The van der Waals surface area contributed by atoms with Crippen molar-refractivity contribution in [3.63, 3.8) is 0 Å². The molecule has 0 unspecified atom stereocenters. The van der Waals surface area contributed by atoms with Crippen molar-refractivity contribution in [2.24, 2.45) is 0 Å². The molecule has 1 aliphatic rings. The Morgan fingerprint density at radius 1 is 1.03 bits per heavy atom. The first-order chi connectivity index (χ1) is 17.2. The van der Waals surface area contributed by atoms with Crippen molar-refractivity contribution < 1.29 is 28.2 Å². The molecular weight excluding hydrogens is 578 g/mol. The number of benzene rings is 3. The van der Waals surface area contributed by atoms with Crippen LogP contribution in [0.3, 0.4) is 0 Å². The summed E-state index contributed by atoms with van der Waals surface area (Å²) in [5, 5.41) is 2.09. The van der Waals surface area contributed by atoms with Crippen LogP contribution in [-0.2, 0) is 16.2 Å². The molecule has 7 nitrogen and oxygen atoms in total. The summed E-state index contributed by atoms with van der Waals surface area (Å²) in [6.45, 7) is 4.41. The van der Waals surface area contributed by atoms with Gasteiger partial charge in [0.1, 0.15) is 18.0 Å². The predicted molar refractivity (Wildman–Crippen MR) is 141 cm³/mol. The highest BCUT2D eigenvalue weighted by Gasteiger charge is 2.38. The van der Waals surface area contributed by atoms with Crippen LogP contribution in [0.15, 0.2) is 60.2 Å². The number of rotatable bonds is 6. The van der Waals surface area contributed by atoms with E-state index in [0.29, 0.717) is 32.1 Å². The van der Waals surface area contributed by atoms with E-state index in [1.54, 1.807) is 12.1 Å². The third kappa shape index (κ3) is 5.11. The number of carbonyl (C=O) groups excluding carboxylic acids is 3. The average Bonchev–Trinajstić information content (AvgIpc) is 2.84. The Kier molecular flexibility index (Phi) is 7.39. The molecular formula is C27H22FIN2O5. The Morgan fingerprint density at radius 2 is 1.78 bits per heavy atom. The van der Waals surface area contributed by atoms with Gasteiger partial charge in [0, 0.05) is 0 Å². The molecule has 36 heavy (non-hydrogen) atoms. The zero-order chi connectivity index (χ0) is 26.0. The predicted octanol–water partition coefficient (Wildman–Crippen LogP) is 5.30. The lowest BCUT2D eigenvalue weighted by molar-refractivity contribution is -0.122. The summed E-state index contributed by atoms with van der Waals surface area (Å²) in [7, 11) is 1.49. The van der Waals surface area contributed by atoms with Crippen molar-refractivity contribution in [1.82, 2.24) is 5.32 Å². The number of hydrogen-bond acceptors (Lipinski definition) is 5. The van der Waals surface area contributed by atoms with Crippen LogP contribution in [-0.4, -0.2) is 25.0 Å². The molecule has 184 valence electrons. The number of amides is 4. The number of barbiturate groups is 1. The Balaban J connectivity index is 1.64. The fourth-order valence-corrected chi connectivity index (χ4v) is 4.47. The van der Waals surface area contributed by atoms with Gasteiger partial charge in [-0.1, -0.05) is 30.3 Å². The van der Waals surface area contributed by atoms with Crippen molar-refractivity contribution in [1.29, 1.82) is 0 Å². The molecule has 1 saturated heterocycles. The fraction of sp³-hybridized carbons (Fsp3) is 0.148. The van der Waals surface area contributed by atoms with Crippen LogP contribution in [0, 0.1) is 23.2 Å². The molecule has 1 fully saturated rings. The minimum Gasteiger partial charge on any atom is -0.493 e. The number of halogens is 2. The van der Waals surface area contributed by atoms with E-state index >= 15 is 0 Å². The Hall–Kier alpha value is -3.73. The molecule has 0 spiro atoms. The van der Waals surface area contributed by atoms with E-state index in [0.717, 1.165) is 17.2 Å². The van der Waals surface area contributed by atoms with Crippen molar-refractivity contribution in [3.8, 4) is 11.5 Å². The molecule has 0 aromatic heterocycles. The molecule has 1 aliphatic heterocycles. The lowest BCUT2D eigenvalue weighted by atomic mass is 10.1. The number of hydrogen-bond donors (Lipinski definition) is 1. The van der Waals surface area contributed by atoms with Crippen molar-refractivity contribution in [2.45, 2.75) is 20.5 Å². The number of urea groups is 1. The second kappa shape index (κ2) is 10.5. The van der Waals surface area contributed by atoms with E-state index in [2.05, 4.69) is 34.0 Å². The number of anilines is 1. The Labute approximate surface area is 221 Å². The van der Waals surface area contributed by atoms with E-state index in [1.165, 1.54) is 36.9 Å². The highest BCUT2D eigenvalue weighted by molar-refractivity contribution is 14.1. The molecule has 4 rings (SSSR count). The lowest BCUT2D eigenvalue weighted by Gasteiger charge is -2.26. The topological polar surface area (TPSA) is 84.9 Å². The number of carbonyl (C=O) groups is 3. The van der Waals surface area contributed by atoms with Gasteiger partial charge in [0.05, 0.1) is 16.4 Å². The lowest BCUT2D eigenvalue weighted by Crippen LogP contribution is -2.54. The van der Waals surface area contributed by atoms with Crippen LogP contribution < -0.4 is 19.7 Å². The standard InChI is InChI=1S/C27H22FIN2O5/c1-15-8-9-17(10-16(15)2)14-36-24-21(29)12-18(13-23(24)35-3)11-19-25(32)30-27(34)31(26(19)33)22-7-5-4-6-20(22)28/h4-13H,14H2,1-3H3,(H,30,32,34)/b19-11-. The van der Waals surface area contributed by atoms with Gasteiger partial charge in [0.2, 0.25) is 0 Å². The molecule has 0 atom stereocenters. The maximum atomic E-state index is 14.3. The molecule has 1 heterocycles. The van der Waals surface area contributed by atoms with Gasteiger partial charge in [-0.2, -0.15) is 0 Å². The van der Waals surface area contributed by atoms with Gasteiger partial charge in [0.15, 0.2) is 11.5 Å². The number of nitrogens with zero attached hydrogens (tertiary/aromatic N) is 1. The second-order valence-electron chi connectivity index (χ2n) is 8.15. The smallest absolute Gasteiger partial charge is 0.336 e. The van der Waals surface area contributed by atoms with E-state index < -0.39 is 23.7 Å². The van der Waals surface area contributed by atoms with E-state index in [4.69, 9.17) is 9.47 Å². The number of aryl methyl sites for hydroxylation is 2. The Morgan fingerprint density at radius 3 is 2.47 bits per heavy atom. The van der Waals surface area contributed by atoms with Crippen molar-refractivity contribution in [2.75, 3.05) is 12.0 Å². The minimum atomic E-state index is -1.02. The van der Waals surface area contributed by atoms with Crippen molar-refractivity contribution >= 4 is 52.2 Å². The first kappa shape index (κ1) is 25.4. The molecule has 0 bridgehead atoms. The first-order valence-corrected chi connectivity index (χ1v) is 12.0. The molecule has 0 saturated carbocycles. The second-order valence-corrected chi connectivity index (χ2v) is 9.31. The van der Waals surface area contributed by atoms with Gasteiger partial charge in [0.25, 0.3) is 11.8 Å². The minimum absolute atomic E-state index is 0.249. The number of nitrogens with one attached hydrogen (secondary N) is 1. The van der Waals surface area contributed by atoms with Crippen molar-refractivity contribution in [3.05, 3.63) is 91.8 Å². The number of imide groups is 2. The summed E-state index contributed by atoms with van der Waals surface area (Å²) < 4.78 is 26.5. The molecule has 0 radical (unpaired) electrons. The summed E-state index contributed by atoms with van der Waals surface area (Å²) in [6, 6.07) is 13.7. The van der Waals surface area contributed by atoms with E-state index in [9.17, 15) is 18.8 Å². The van der Waals surface area contributed by atoms with Gasteiger partial charge in [-0.15, -0.1) is 0 Å². The summed E-state index contributed by atoms with van der Waals surface area (Å²) in [5.41, 5.74) is 3.26. The molecule has 1 N–H and O–H groups in total. The van der Waals surface area contributed by atoms with Gasteiger partial charge in [-0.25, -0.2) is 14.1 Å². The first-order valence-electron chi connectivity index (χ1n) is 10.9. The van der Waals surface area contributed by atoms with Gasteiger partial charge in [-0.05, 0) is 89.0 Å². The summed E-state index contributed by atoms with van der Waals surface area (Å²) in [6.07, 6.45) is 1.33. The third-order valence-corrected chi connectivity index (χ3v) is 6.51. The van der Waals surface area contributed by atoms with Crippen LogP contribution in [0.2, 0.25) is 0 Å². The summed E-state index contributed by atoms with van der Waals surface area (Å²) in [4.78, 5) is 38.5. The fourth-order valence-electron chi connectivity index (χ4n) is 3.69. The zero-order valence-electron chi connectivity index (χ0n) is 19.7. The van der Waals surface area contributed by atoms with Gasteiger partial charge >= 0.3 is 6.03 Å². The summed E-state index contributed by atoms with van der Waals surface area (Å²) in [5.74, 6) is -1.65. The van der Waals surface area contributed by atoms with Gasteiger partial charge in [-0.3, -0.25) is 14.9 Å². The zero-order valence-corrected chi connectivity index (χ0v) is 21.9. The maximum Gasteiger partial charge on any atom is 0.336 e. The highest BCUT2D eigenvalue weighted by Crippen LogP contribution is 2.36. The maximum absolute atomic E-state index is 14.3.